The maximum absolute atomic E-state index is 15.0. The van der Waals surface area contributed by atoms with Crippen LogP contribution in [0.4, 0.5) is 4.39 Å². The van der Waals surface area contributed by atoms with Crippen molar-refractivity contribution in [1.82, 2.24) is 0 Å². The molecule has 3 saturated carbocycles. The molecule has 0 aromatic heterocycles. The predicted molar refractivity (Wildman–Crippen MR) is 147 cm³/mol. The zero-order valence-electron chi connectivity index (χ0n) is 24.0. The Kier molecular flexibility index (Phi) is 7.62. The summed E-state index contributed by atoms with van der Waals surface area (Å²) in [5.74, 6) is -2.97. The van der Waals surface area contributed by atoms with E-state index in [1.54, 1.807) is 12.1 Å². The summed E-state index contributed by atoms with van der Waals surface area (Å²) >= 11 is 0. The summed E-state index contributed by atoms with van der Waals surface area (Å²) in [5.41, 5.74) is 3.68. The summed E-state index contributed by atoms with van der Waals surface area (Å²) in [4.78, 5) is 38.6. The molecule has 222 valence electrons. The first-order valence-electron chi connectivity index (χ1n) is 14.4. The lowest BCUT2D eigenvalue weighted by molar-refractivity contribution is -0.207. The summed E-state index contributed by atoms with van der Waals surface area (Å²) in [6.45, 7) is 7.33. The smallest absolute Gasteiger partial charge is 0.479 e. The van der Waals surface area contributed by atoms with Crippen LogP contribution in [0.15, 0.2) is 24.3 Å². The molecule has 4 N–H and O–H groups in total. The van der Waals surface area contributed by atoms with E-state index in [0.29, 0.717) is 18.4 Å². The second-order valence-corrected chi connectivity index (χ2v) is 13.0. The van der Waals surface area contributed by atoms with Crippen LogP contribution in [0.1, 0.15) is 65.4 Å². The standard InChI is InChI=1S/C30H39BFNO8/c1-16-7-11-30-12-8-19(34)26(30)29(16,4)21(13-28(3,10-9-22(33)35)27(37)17(30)2)41-23(36)15-39-20-6-5-18-14-40-31(38)24(18)25(20)32/h5-6,9-10,16-17,21,26-27,37-38H,7-8,11-15H2,1-4H3,(H2,33,35)/b10-9+/t16-,17-,21+,26-,27-,28+,29-,30-/m0/s1. The van der Waals surface area contributed by atoms with Gasteiger partial charge in [0.25, 0.3) is 0 Å². The summed E-state index contributed by atoms with van der Waals surface area (Å²) in [5, 5.41) is 21.7. The number of carbonyl (C=O) groups is 3. The lowest BCUT2D eigenvalue weighted by Crippen LogP contribution is -2.63. The van der Waals surface area contributed by atoms with Crippen LogP contribution in [0.3, 0.4) is 0 Å². The first-order chi connectivity index (χ1) is 19.2. The minimum Gasteiger partial charge on any atom is -0.479 e. The third kappa shape index (κ3) is 4.70. The lowest BCUT2D eigenvalue weighted by atomic mass is 9.44. The van der Waals surface area contributed by atoms with Crippen molar-refractivity contribution in [3.8, 4) is 5.75 Å². The minimum atomic E-state index is -1.41. The number of rotatable bonds is 6. The molecule has 5 rings (SSSR count). The monoisotopic (exact) mass is 571 g/mol. The van der Waals surface area contributed by atoms with E-state index in [0.717, 1.165) is 12.8 Å². The van der Waals surface area contributed by atoms with E-state index in [4.69, 9.17) is 19.9 Å². The molecular weight excluding hydrogens is 532 g/mol. The average molecular weight is 571 g/mol. The zero-order valence-corrected chi connectivity index (χ0v) is 24.0. The van der Waals surface area contributed by atoms with E-state index in [2.05, 4.69) is 6.92 Å². The minimum absolute atomic E-state index is 0.0175. The number of aliphatic hydroxyl groups excluding tert-OH is 1. The number of ketones is 1. The normalized spacial score (nSPS) is 38.3. The number of carbonyl (C=O) groups excluding carboxylic acids is 3. The van der Waals surface area contributed by atoms with E-state index < -0.39 is 65.8 Å². The molecule has 1 aliphatic heterocycles. The number of Topliss-reactive ketones (excluding diaryl/α,β-unsaturated/α-hetero) is 1. The summed E-state index contributed by atoms with van der Waals surface area (Å²) in [7, 11) is -1.41. The molecular formula is C30H39BFNO8. The van der Waals surface area contributed by atoms with Crippen LogP contribution < -0.4 is 15.9 Å². The molecule has 3 aliphatic carbocycles. The van der Waals surface area contributed by atoms with Gasteiger partial charge in [-0.2, -0.15) is 0 Å². The van der Waals surface area contributed by atoms with Crippen molar-refractivity contribution in [3.63, 3.8) is 0 Å². The van der Waals surface area contributed by atoms with Crippen LogP contribution in [0, 0.1) is 39.8 Å². The molecule has 0 saturated heterocycles. The highest BCUT2D eigenvalue weighted by atomic mass is 19.1. The molecule has 3 fully saturated rings. The number of hydrogen-bond donors (Lipinski definition) is 3. The first-order valence-corrected chi connectivity index (χ1v) is 14.4. The van der Waals surface area contributed by atoms with Crippen LogP contribution in [-0.2, 0) is 30.4 Å². The molecule has 0 radical (unpaired) electrons. The number of ether oxygens (including phenoxy) is 2. The fourth-order valence-corrected chi connectivity index (χ4v) is 8.44. The van der Waals surface area contributed by atoms with Gasteiger partial charge in [0.1, 0.15) is 11.9 Å². The first kappa shape index (κ1) is 29.7. The topological polar surface area (TPSA) is 145 Å². The number of aliphatic hydroxyl groups is 1. The van der Waals surface area contributed by atoms with Crippen molar-refractivity contribution in [3.05, 3.63) is 35.7 Å². The third-order valence-corrected chi connectivity index (χ3v) is 11.0. The molecule has 9 nitrogen and oxygen atoms in total. The molecule has 1 amide bonds. The van der Waals surface area contributed by atoms with E-state index in [1.165, 1.54) is 12.1 Å². The molecule has 1 aromatic rings. The predicted octanol–water partition coefficient (Wildman–Crippen LogP) is 2.18. The molecule has 1 heterocycles. The van der Waals surface area contributed by atoms with Crippen molar-refractivity contribution < 1.29 is 43.0 Å². The highest BCUT2D eigenvalue weighted by Gasteiger charge is 2.68. The highest BCUT2D eigenvalue weighted by Crippen LogP contribution is 2.68. The summed E-state index contributed by atoms with van der Waals surface area (Å²) in [6, 6.07) is 2.94. The molecule has 2 bridgehead atoms. The Morgan fingerprint density at radius 2 is 2.00 bits per heavy atom. The van der Waals surface area contributed by atoms with Gasteiger partial charge < -0.3 is 30.0 Å². The van der Waals surface area contributed by atoms with Gasteiger partial charge in [-0.05, 0) is 60.6 Å². The van der Waals surface area contributed by atoms with Gasteiger partial charge in [-0.1, -0.05) is 39.8 Å². The van der Waals surface area contributed by atoms with Gasteiger partial charge in [0.15, 0.2) is 18.2 Å². The molecule has 4 aliphatic rings. The molecule has 8 atom stereocenters. The molecule has 0 spiro atoms. The Morgan fingerprint density at radius 3 is 2.71 bits per heavy atom. The van der Waals surface area contributed by atoms with Crippen LogP contribution in [0.2, 0.25) is 0 Å². The van der Waals surface area contributed by atoms with Crippen LogP contribution in [0.25, 0.3) is 0 Å². The Hall–Kier alpha value is -2.76. The Balaban J connectivity index is 1.48. The summed E-state index contributed by atoms with van der Waals surface area (Å²) < 4.78 is 31.7. The van der Waals surface area contributed by atoms with Crippen LogP contribution in [-0.4, -0.2) is 53.7 Å². The van der Waals surface area contributed by atoms with Gasteiger partial charge in [0.05, 0.1) is 12.7 Å². The number of esters is 1. The number of benzene rings is 1. The maximum Gasteiger partial charge on any atom is 0.494 e. The van der Waals surface area contributed by atoms with Gasteiger partial charge in [-0.25, -0.2) is 9.18 Å². The van der Waals surface area contributed by atoms with Gasteiger partial charge in [-0.15, -0.1) is 0 Å². The number of fused-ring (bicyclic) bond motifs is 1. The van der Waals surface area contributed by atoms with E-state index in [9.17, 15) is 24.5 Å². The van der Waals surface area contributed by atoms with Gasteiger partial charge in [-0.3, -0.25) is 9.59 Å². The van der Waals surface area contributed by atoms with Crippen molar-refractivity contribution in [2.75, 3.05) is 6.61 Å². The largest absolute Gasteiger partial charge is 0.494 e. The van der Waals surface area contributed by atoms with Crippen molar-refractivity contribution in [1.29, 1.82) is 0 Å². The quantitative estimate of drug-likeness (QED) is 0.268. The maximum atomic E-state index is 15.0. The number of halogens is 1. The average Bonchev–Trinajstić information content (AvgIpc) is 3.48. The number of primary amides is 1. The number of amides is 1. The lowest BCUT2D eigenvalue weighted by Gasteiger charge is -2.61. The highest BCUT2D eigenvalue weighted by molar-refractivity contribution is 6.61. The Labute approximate surface area is 239 Å². The van der Waals surface area contributed by atoms with Crippen molar-refractivity contribution in [2.24, 2.45) is 39.7 Å². The fraction of sp³-hybridized carbons (Fsp3) is 0.633. The van der Waals surface area contributed by atoms with E-state index >= 15 is 4.39 Å². The molecule has 1 aromatic carbocycles. The fourth-order valence-electron chi connectivity index (χ4n) is 8.44. The SMILES string of the molecule is C[C@H]1[C@H](O)[C@](C)(/C=C/C(N)=O)C[C@@H](OC(=O)COc2ccc3c(c2F)B(O)OC3)[C@@]2(C)[C@@H]3C(=O)CC[C@]31CC[C@@H]2C. The second kappa shape index (κ2) is 10.5. The van der Waals surface area contributed by atoms with Crippen molar-refractivity contribution >= 4 is 30.2 Å². The second-order valence-electron chi connectivity index (χ2n) is 13.0. The van der Waals surface area contributed by atoms with Crippen LogP contribution >= 0.6 is 0 Å². The Bertz CT molecular complexity index is 1290. The summed E-state index contributed by atoms with van der Waals surface area (Å²) in [6.07, 6.45) is 3.83. The third-order valence-electron chi connectivity index (χ3n) is 11.0. The van der Waals surface area contributed by atoms with Crippen molar-refractivity contribution in [2.45, 2.75) is 78.6 Å². The van der Waals surface area contributed by atoms with Gasteiger partial charge in [0, 0.05) is 28.6 Å². The zero-order chi connectivity index (χ0) is 29.9. The van der Waals surface area contributed by atoms with Gasteiger partial charge >= 0.3 is 13.1 Å². The van der Waals surface area contributed by atoms with E-state index in [-0.39, 0.29) is 41.9 Å². The molecule has 0 unspecified atom stereocenters. The Morgan fingerprint density at radius 1 is 1.27 bits per heavy atom. The van der Waals surface area contributed by atoms with E-state index in [1.807, 2.05) is 20.8 Å². The molecule has 11 heteroatoms. The molecule has 41 heavy (non-hydrogen) atoms. The number of hydrogen-bond acceptors (Lipinski definition) is 8. The van der Waals surface area contributed by atoms with Crippen LogP contribution in [0.5, 0.6) is 5.75 Å². The number of nitrogens with two attached hydrogens (primary N) is 1. The van der Waals surface area contributed by atoms with Gasteiger partial charge in [0.2, 0.25) is 5.91 Å².